The zero-order valence-corrected chi connectivity index (χ0v) is 15.1. The SMILES string of the molecule is COc1ccc(NCC(=O)NN=C2CCC(c3ccccc3)CC2)cc1. The Morgan fingerprint density at radius 1 is 1.08 bits per heavy atom. The van der Waals surface area contributed by atoms with Crippen molar-refractivity contribution in [1.82, 2.24) is 5.43 Å². The first-order chi connectivity index (χ1) is 12.7. The summed E-state index contributed by atoms with van der Waals surface area (Å²) in [6.07, 6.45) is 4.04. The van der Waals surface area contributed by atoms with Crippen LogP contribution in [0.2, 0.25) is 0 Å². The van der Waals surface area contributed by atoms with Gasteiger partial charge in [0.25, 0.3) is 5.91 Å². The van der Waals surface area contributed by atoms with Gasteiger partial charge in [-0.1, -0.05) is 30.3 Å². The minimum Gasteiger partial charge on any atom is -0.497 e. The number of hydrazone groups is 1. The Hall–Kier alpha value is -2.82. The van der Waals surface area contributed by atoms with Crippen LogP contribution in [-0.2, 0) is 4.79 Å². The number of hydrogen-bond acceptors (Lipinski definition) is 4. The van der Waals surface area contributed by atoms with E-state index in [4.69, 9.17) is 4.74 Å². The number of hydrogen-bond donors (Lipinski definition) is 2. The van der Waals surface area contributed by atoms with Crippen molar-refractivity contribution in [2.75, 3.05) is 19.0 Å². The molecule has 0 aromatic heterocycles. The van der Waals surface area contributed by atoms with Gasteiger partial charge in [-0.3, -0.25) is 4.79 Å². The Morgan fingerprint density at radius 2 is 1.77 bits per heavy atom. The molecule has 0 saturated heterocycles. The Labute approximate surface area is 154 Å². The fourth-order valence-electron chi connectivity index (χ4n) is 3.19. The number of nitrogens with zero attached hydrogens (tertiary/aromatic N) is 1. The summed E-state index contributed by atoms with van der Waals surface area (Å²) in [4.78, 5) is 12.0. The molecule has 5 nitrogen and oxygen atoms in total. The van der Waals surface area contributed by atoms with Gasteiger partial charge >= 0.3 is 0 Å². The number of benzene rings is 2. The lowest BCUT2D eigenvalue weighted by atomic mass is 9.83. The quantitative estimate of drug-likeness (QED) is 0.775. The second-order valence-electron chi connectivity index (χ2n) is 6.48. The fraction of sp³-hybridized carbons (Fsp3) is 0.333. The summed E-state index contributed by atoms with van der Waals surface area (Å²) < 4.78 is 5.11. The Kier molecular flexibility index (Phi) is 6.25. The van der Waals surface area contributed by atoms with E-state index < -0.39 is 0 Å². The van der Waals surface area contributed by atoms with Crippen molar-refractivity contribution in [3.63, 3.8) is 0 Å². The lowest BCUT2D eigenvalue weighted by Crippen LogP contribution is -2.27. The number of amides is 1. The molecular formula is C21H25N3O2. The molecule has 0 atom stereocenters. The third-order valence-electron chi connectivity index (χ3n) is 4.72. The standard InChI is InChI=1S/C21H25N3O2/c1-26-20-13-11-18(12-14-20)22-15-21(25)24-23-19-9-7-17(8-10-19)16-5-3-2-4-6-16/h2-6,11-14,17,22H,7-10,15H2,1H3,(H,24,25). The highest BCUT2D eigenvalue weighted by molar-refractivity contribution is 5.88. The van der Waals surface area contributed by atoms with Crippen LogP contribution in [0.1, 0.15) is 37.2 Å². The van der Waals surface area contributed by atoms with Crippen molar-refractivity contribution in [2.45, 2.75) is 31.6 Å². The average molecular weight is 351 g/mol. The van der Waals surface area contributed by atoms with E-state index in [9.17, 15) is 4.79 Å². The number of carbonyl (C=O) groups excluding carboxylic acids is 1. The number of carbonyl (C=O) groups is 1. The summed E-state index contributed by atoms with van der Waals surface area (Å²) in [6.45, 7) is 0.190. The molecule has 26 heavy (non-hydrogen) atoms. The van der Waals surface area contributed by atoms with Gasteiger partial charge in [-0.05, 0) is 61.4 Å². The van der Waals surface area contributed by atoms with Gasteiger partial charge in [0.05, 0.1) is 13.7 Å². The van der Waals surface area contributed by atoms with Crippen LogP contribution in [0.25, 0.3) is 0 Å². The van der Waals surface area contributed by atoms with Crippen molar-refractivity contribution in [3.05, 3.63) is 60.2 Å². The monoisotopic (exact) mass is 351 g/mol. The minimum absolute atomic E-state index is 0.140. The molecule has 5 heteroatoms. The molecule has 3 rings (SSSR count). The zero-order valence-electron chi connectivity index (χ0n) is 15.1. The van der Waals surface area contributed by atoms with Crippen molar-refractivity contribution < 1.29 is 9.53 Å². The normalized spacial score (nSPS) is 16.7. The molecule has 0 unspecified atom stereocenters. The molecule has 0 bridgehead atoms. The first-order valence-electron chi connectivity index (χ1n) is 9.02. The van der Waals surface area contributed by atoms with Gasteiger partial charge < -0.3 is 10.1 Å². The second-order valence-corrected chi connectivity index (χ2v) is 6.48. The molecule has 0 aliphatic heterocycles. The number of rotatable bonds is 6. The van der Waals surface area contributed by atoms with E-state index in [1.54, 1.807) is 7.11 Å². The summed E-state index contributed by atoms with van der Waals surface area (Å²) >= 11 is 0. The first-order valence-corrected chi connectivity index (χ1v) is 9.02. The van der Waals surface area contributed by atoms with Crippen LogP contribution in [0.5, 0.6) is 5.75 Å². The maximum atomic E-state index is 12.0. The average Bonchev–Trinajstić information content (AvgIpc) is 2.72. The molecule has 0 radical (unpaired) electrons. The van der Waals surface area contributed by atoms with Gasteiger partial charge in [0.2, 0.25) is 0 Å². The molecule has 1 fully saturated rings. The summed E-state index contributed by atoms with van der Waals surface area (Å²) in [6, 6.07) is 18.1. The number of anilines is 1. The third kappa shape index (κ3) is 5.09. The molecule has 2 aromatic rings. The highest BCUT2D eigenvalue weighted by Gasteiger charge is 2.19. The summed E-state index contributed by atoms with van der Waals surface area (Å²) in [5.74, 6) is 1.25. The van der Waals surface area contributed by atoms with Gasteiger partial charge in [-0.15, -0.1) is 0 Å². The van der Waals surface area contributed by atoms with Crippen LogP contribution >= 0.6 is 0 Å². The van der Waals surface area contributed by atoms with Crippen molar-refractivity contribution >= 4 is 17.3 Å². The molecule has 1 amide bonds. The van der Waals surface area contributed by atoms with Crippen LogP contribution in [0.3, 0.4) is 0 Å². The lowest BCUT2D eigenvalue weighted by Gasteiger charge is -2.23. The summed E-state index contributed by atoms with van der Waals surface area (Å²) in [5.41, 5.74) is 6.01. The van der Waals surface area contributed by atoms with Gasteiger partial charge in [-0.2, -0.15) is 5.10 Å². The van der Waals surface area contributed by atoms with Crippen molar-refractivity contribution in [3.8, 4) is 5.75 Å². The van der Waals surface area contributed by atoms with Crippen molar-refractivity contribution in [2.24, 2.45) is 5.10 Å². The van der Waals surface area contributed by atoms with E-state index in [-0.39, 0.29) is 12.5 Å². The summed E-state index contributed by atoms with van der Waals surface area (Å²) in [5, 5.41) is 7.38. The van der Waals surface area contributed by atoms with E-state index in [1.807, 2.05) is 24.3 Å². The zero-order chi connectivity index (χ0) is 18.2. The lowest BCUT2D eigenvalue weighted by molar-refractivity contribution is -0.119. The van der Waals surface area contributed by atoms with Crippen LogP contribution in [0.4, 0.5) is 5.69 Å². The minimum atomic E-state index is -0.140. The van der Waals surface area contributed by atoms with E-state index in [1.165, 1.54) is 5.56 Å². The smallest absolute Gasteiger partial charge is 0.259 e. The molecule has 2 aromatic carbocycles. The molecule has 1 aliphatic rings. The van der Waals surface area contributed by atoms with Crippen LogP contribution < -0.4 is 15.5 Å². The summed E-state index contributed by atoms with van der Waals surface area (Å²) in [7, 11) is 1.63. The van der Waals surface area contributed by atoms with Crippen LogP contribution in [0.15, 0.2) is 59.7 Å². The van der Waals surface area contributed by atoms with Crippen LogP contribution in [0, 0.1) is 0 Å². The number of ether oxygens (including phenoxy) is 1. The van der Waals surface area contributed by atoms with E-state index >= 15 is 0 Å². The van der Waals surface area contributed by atoms with Gasteiger partial charge in [0.1, 0.15) is 5.75 Å². The van der Waals surface area contributed by atoms with E-state index in [0.717, 1.165) is 42.8 Å². The maximum absolute atomic E-state index is 12.0. The fourth-order valence-corrected chi connectivity index (χ4v) is 3.19. The predicted molar refractivity (Wildman–Crippen MR) is 105 cm³/mol. The maximum Gasteiger partial charge on any atom is 0.259 e. The van der Waals surface area contributed by atoms with E-state index in [2.05, 4.69) is 46.2 Å². The molecule has 0 heterocycles. The highest BCUT2D eigenvalue weighted by atomic mass is 16.5. The molecule has 0 spiro atoms. The Bertz CT molecular complexity index is 732. The molecular weight excluding hydrogens is 326 g/mol. The number of nitrogens with one attached hydrogen (secondary N) is 2. The van der Waals surface area contributed by atoms with Gasteiger partial charge in [-0.25, -0.2) is 5.43 Å². The molecule has 2 N–H and O–H groups in total. The molecule has 1 aliphatic carbocycles. The predicted octanol–water partition coefficient (Wildman–Crippen LogP) is 3.94. The Balaban J connectivity index is 1.41. The second kappa shape index (κ2) is 9.04. The molecule has 1 saturated carbocycles. The van der Waals surface area contributed by atoms with Crippen LogP contribution in [-0.4, -0.2) is 25.3 Å². The van der Waals surface area contributed by atoms with E-state index in [0.29, 0.717) is 5.92 Å². The van der Waals surface area contributed by atoms with Gasteiger partial charge in [0, 0.05) is 11.4 Å². The first kappa shape index (κ1) is 18.0. The Morgan fingerprint density at radius 3 is 2.42 bits per heavy atom. The number of methoxy groups -OCH3 is 1. The van der Waals surface area contributed by atoms with Crippen molar-refractivity contribution in [1.29, 1.82) is 0 Å². The third-order valence-corrected chi connectivity index (χ3v) is 4.72. The highest BCUT2D eigenvalue weighted by Crippen LogP contribution is 2.31. The topological polar surface area (TPSA) is 62.7 Å². The largest absolute Gasteiger partial charge is 0.497 e. The van der Waals surface area contributed by atoms with Gasteiger partial charge in [0.15, 0.2) is 0 Å². The molecule has 136 valence electrons.